The van der Waals surface area contributed by atoms with Gasteiger partial charge in [0.15, 0.2) is 0 Å². The van der Waals surface area contributed by atoms with Crippen molar-refractivity contribution in [3.05, 3.63) is 48.3 Å². The highest BCUT2D eigenvalue weighted by atomic mass is 32.2. The SMILES string of the molecule is CC1(n2cnnc2OC2CC(c3cnc(Nc4ccc(SC5CC5)cc4F)nc3)C2)CC1. The van der Waals surface area contributed by atoms with Crippen LogP contribution in [0.4, 0.5) is 16.0 Å². The Morgan fingerprint density at radius 1 is 1.19 bits per heavy atom. The molecule has 2 heterocycles. The molecule has 3 saturated carbocycles. The van der Waals surface area contributed by atoms with Gasteiger partial charge in [-0.1, -0.05) is 5.10 Å². The summed E-state index contributed by atoms with van der Waals surface area (Å²) in [6, 6.07) is 5.90. The molecule has 0 aliphatic heterocycles. The van der Waals surface area contributed by atoms with Crippen LogP contribution in [0.2, 0.25) is 0 Å². The summed E-state index contributed by atoms with van der Waals surface area (Å²) in [6.45, 7) is 2.20. The molecule has 7 nitrogen and oxygen atoms in total. The first-order valence-electron chi connectivity index (χ1n) is 11.2. The van der Waals surface area contributed by atoms with Crippen LogP contribution in [-0.2, 0) is 5.54 Å². The van der Waals surface area contributed by atoms with E-state index in [-0.39, 0.29) is 17.5 Å². The van der Waals surface area contributed by atoms with Gasteiger partial charge in [0.2, 0.25) is 5.95 Å². The normalized spacial score (nSPS) is 23.4. The quantitative estimate of drug-likeness (QED) is 0.513. The Morgan fingerprint density at radius 3 is 2.66 bits per heavy atom. The van der Waals surface area contributed by atoms with Crippen LogP contribution in [0.25, 0.3) is 0 Å². The molecule has 3 fully saturated rings. The molecule has 9 heteroatoms. The molecule has 0 radical (unpaired) electrons. The van der Waals surface area contributed by atoms with E-state index >= 15 is 0 Å². The largest absolute Gasteiger partial charge is 0.460 e. The van der Waals surface area contributed by atoms with Crippen molar-refractivity contribution in [2.75, 3.05) is 5.32 Å². The van der Waals surface area contributed by atoms with E-state index in [2.05, 4.69) is 37.0 Å². The monoisotopic (exact) mass is 452 g/mol. The van der Waals surface area contributed by atoms with E-state index in [1.165, 1.54) is 12.8 Å². The van der Waals surface area contributed by atoms with Crippen LogP contribution in [0.3, 0.4) is 0 Å². The molecule has 1 aromatic carbocycles. The summed E-state index contributed by atoms with van der Waals surface area (Å²) in [5.41, 5.74) is 1.58. The van der Waals surface area contributed by atoms with Crippen molar-refractivity contribution < 1.29 is 9.13 Å². The average Bonchev–Trinajstić information content (AvgIpc) is 3.67. The number of aromatic nitrogens is 5. The van der Waals surface area contributed by atoms with Crippen LogP contribution >= 0.6 is 11.8 Å². The van der Waals surface area contributed by atoms with Gasteiger partial charge in [-0.15, -0.1) is 16.9 Å². The Bertz CT molecular complexity index is 1120. The minimum atomic E-state index is -0.282. The summed E-state index contributed by atoms with van der Waals surface area (Å²) >= 11 is 1.74. The van der Waals surface area contributed by atoms with Crippen molar-refractivity contribution in [1.82, 2.24) is 24.7 Å². The number of nitrogens with zero attached hydrogens (tertiary/aromatic N) is 5. The Hall–Kier alpha value is -2.68. The van der Waals surface area contributed by atoms with E-state index in [4.69, 9.17) is 4.74 Å². The molecular weight excluding hydrogens is 427 g/mol. The van der Waals surface area contributed by atoms with Gasteiger partial charge >= 0.3 is 6.01 Å². The third-order valence-corrected chi connectivity index (χ3v) is 7.93. The van der Waals surface area contributed by atoms with Gasteiger partial charge in [0.05, 0.1) is 5.69 Å². The summed E-state index contributed by atoms with van der Waals surface area (Å²) in [7, 11) is 0. The minimum Gasteiger partial charge on any atom is -0.460 e. The van der Waals surface area contributed by atoms with Gasteiger partial charge in [-0.3, -0.25) is 4.57 Å². The fraction of sp³-hybridized carbons (Fsp3) is 0.478. The zero-order valence-corrected chi connectivity index (χ0v) is 18.7. The van der Waals surface area contributed by atoms with Crippen LogP contribution in [0.1, 0.15) is 56.9 Å². The zero-order valence-electron chi connectivity index (χ0n) is 17.9. The van der Waals surface area contributed by atoms with Crippen molar-refractivity contribution in [3.8, 4) is 6.01 Å². The van der Waals surface area contributed by atoms with E-state index in [0.717, 1.165) is 36.1 Å². The van der Waals surface area contributed by atoms with Gasteiger partial charge in [0, 0.05) is 28.1 Å². The number of anilines is 2. The molecule has 3 aromatic rings. The van der Waals surface area contributed by atoms with E-state index in [0.29, 0.717) is 28.8 Å². The molecule has 166 valence electrons. The lowest BCUT2D eigenvalue weighted by atomic mass is 9.78. The number of hydrogen-bond donors (Lipinski definition) is 1. The van der Waals surface area contributed by atoms with Crippen LogP contribution in [0.5, 0.6) is 6.01 Å². The maximum Gasteiger partial charge on any atom is 0.317 e. The lowest BCUT2D eigenvalue weighted by Gasteiger charge is -2.35. The first-order valence-corrected chi connectivity index (χ1v) is 12.1. The second kappa shape index (κ2) is 7.72. The highest BCUT2D eigenvalue weighted by Gasteiger charge is 2.42. The van der Waals surface area contributed by atoms with Gasteiger partial charge in [-0.25, -0.2) is 14.4 Å². The van der Waals surface area contributed by atoms with Gasteiger partial charge in [-0.2, -0.15) is 0 Å². The molecule has 0 atom stereocenters. The van der Waals surface area contributed by atoms with Crippen LogP contribution in [0.15, 0.2) is 41.8 Å². The molecule has 0 saturated heterocycles. The number of rotatable bonds is 8. The molecule has 3 aliphatic rings. The standard InChI is InChI=1S/C23H25FN6OS/c1-23(6-7-23)30-13-27-29-22(30)31-16-8-14(9-16)15-11-25-21(26-12-15)28-20-5-4-18(10-19(20)24)32-17-2-3-17/h4-5,10-14,16-17H,2-3,6-9H2,1H3,(H,25,26,28). The summed E-state index contributed by atoms with van der Waals surface area (Å²) < 4.78 is 22.6. The minimum absolute atomic E-state index is 0.120. The molecule has 0 unspecified atom stereocenters. The van der Waals surface area contributed by atoms with Gasteiger partial charge < -0.3 is 10.1 Å². The molecule has 3 aliphatic carbocycles. The van der Waals surface area contributed by atoms with E-state index < -0.39 is 0 Å². The number of ether oxygens (including phenoxy) is 1. The lowest BCUT2D eigenvalue weighted by molar-refractivity contribution is 0.0807. The maximum atomic E-state index is 14.4. The van der Waals surface area contributed by atoms with E-state index in [1.807, 2.05) is 18.5 Å². The first-order chi connectivity index (χ1) is 15.6. The maximum absolute atomic E-state index is 14.4. The number of nitrogens with one attached hydrogen (secondary N) is 1. The molecule has 1 N–H and O–H groups in total. The van der Waals surface area contributed by atoms with E-state index in [1.54, 1.807) is 30.2 Å². The van der Waals surface area contributed by atoms with Crippen molar-refractivity contribution in [2.24, 2.45) is 0 Å². The van der Waals surface area contributed by atoms with Crippen molar-refractivity contribution in [2.45, 2.75) is 73.2 Å². The van der Waals surface area contributed by atoms with Crippen molar-refractivity contribution >= 4 is 23.4 Å². The molecule has 32 heavy (non-hydrogen) atoms. The number of thioether (sulfide) groups is 1. The molecule has 0 bridgehead atoms. The summed E-state index contributed by atoms with van der Waals surface area (Å²) in [5, 5.41) is 11.8. The first kappa shape index (κ1) is 20.0. The molecule has 2 aromatic heterocycles. The Kier molecular flexibility index (Phi) is 4.82. The zero-order chi connectivity index (χ0) is 21.7. The van der Waals surface area contributed by atoms with Gasteiger partial charge in [0.25, 0.3) is 0 Å². The third-order valence-electron chi connectivity index (χ3n) is 6.60. The van der Waals surface area contributed by atoms with Gasteiger partial charge in [0.1, 0.15) is 18.2 Å². The number of hydrogen-bond acceptors (Lipinski definition) is 7. The lowest BCUT2D eigenvalue weighted by Crippen LogP contribution is -2.33. The highest BCUT2D eigenvalue weighted by molar-refractivity contribution is 8.00. The predicted molar refractivity (Wildman–Crippen MR) is 120 cm³/mol. The smallest absolute Gasteiger partial charge is 0.317 e. The number of benzene rings is 1. The van der Waals surface area contributed by atoms with E-state index in [9.17, 15) is 4.39 Å². The summed E-state index contributed by atoms with van der Waals surface area (Å²) in [5.74, 6) is 0.473. The van der Waals surface area contributed by atoms with Crippen LogP contribution < -0.4 is 10.1 Å². The predicted octanol–water partition coefficient (Wildman–Crippen LogP) is 5.04. The molecule has 0 spiro atoms. The Labute approximate surface area is 190 Å². The van der Waals surface area contributed by atoms with Gasteiger partial charge in [-0.05, 0) is 75.1 Å². The topological polar surface area (TPSA) is 77.8 Å². The summed E-state index contributed by atoms with van der Waals surface area (Å²) in [4.78, 5) is 9.76. The fourth-order valence-electron chi connectivity index (χ4n) is 3.96. The third kappa shape index (κ3) is 4.05. The Morgan fingerprint density at radius 2 is 1.97 bits per heavy atom. The molecule has 6 rings (SSSR count). The van der Waals surface area contributed by atoms with Crippen LogP contribution in [0, 0.1) is 5.82 Å². The van der Waals surface area contributed by atoms with Crippen molar-refractivity contribution in [3.63, 3.8) is 0 Å². The van der Waals surface area contributed by atoms with Crippen molar-refractivity contribution in [1.29, 1.82) is 0 Å². The second-order valence-corrected chi connectivity index (χ2v) is 10.7. The fourth-order valence-corrected chi connectivity index (χ4v) is 5.04. The highest BCUT2D eigenvalue weighted by Crippen LogP contribution is 2.46. The Balaban J connectivity index is 1.04. The number of halogens is 1. The summed E-state index contributed by atoms with van der Waals surface area (Å²) in [6.07, 6.45) is 12.0. The van der Waals surface area contributed by atoms with Crippen LogP contribution in [-0.4, -0.2) is 36.1 Å². The molecule has 0 amide bonds. The second-order valence-electron chi connectivity index (χ2n) is 9.31. The molecular formula is C23H25FN6OS. The average molecular weight is 453 g/mol.